The van der Waals surface area contributed by atoms with Crippen molar-refractivity contribution in [1.29, 1.82) is 5.26 Å². The lowest BCUT2D eigenvalue weighted by Crippen LogP contribution is -2.30. The van der Waals surface area contributed by atoms with Crippen molar-refractivity contribution in [3.8, 4) is 6.07 Å². The second-order valence-corrected chi connectivity index (χ2v) is 5.96. The summed E-state index contributed by atoms with van der Waals surface area (Å²) < 4.78 is 0.853. The highest BCUT2D eigenvalue weighted by molar-refractivity contribution is 9.10. The van der Waals surface area contributed by atoms with E-state index in [2.05, 4.69) is 27.0 Å². The fraction of sp³-hybridized carbons (Fsp3) is 0.250. The molecule has 0 spiro atoms. The topological polar surface area (TPSA) is 56.9 Å². The summed E-state index contributed by atoms with van der Waals surface area (Å²) in [5.41, 5.74) is 1.72. The van der Waals surface area contributed by atoms with Crippen LogP contribution in [0.15, 0.2) is 47.1 Å². The minimum Gasteiger partial charge on any atom is -0.385 e. The lowest BCUT2D eigenvalue weighted by atomic mass is 9.76. The van der Waals surface area contributed by atoms with Gasteiger partial charge in [0, 0.05) is 10.7 Å². The van der Waals surface area contributed by atoms with Crippen molar-refractivity contribution in [3.63, 3.8) is 0 Å². The van der Waals surface area contributed by atoms with Crippen LogP contribution < -0.4 is 0 Å². The summed E-state index contributed by atoms with van der Waals surface area (Å²) in [4.78, 5) is 4.24. The molecule has 0 saturated heterocycles. The summed E-state index contributed by atoms with van der Waals surface area (Å²) in [6.07, 6.45) is 2.17. The van der Waals surface area contributed by atoms with Gasteiger partial charge in [-0.3, -0.25) is 4.98 Å². The predicted octanol–water partition coefficient (Wildman–Crippen LogP) is 3.29. The van der Waals surface area contributed by atoms with Crippen molar-refractivity contribution >= 4 is 15.9 Å². The molecular formula is C16H13BrN2O. The lowest BCUT2D eigenvalue weighted by molar-refractivity contribution is 0.106. The summed E-state index contributed by atoms with van der Waals surface area (Å²) in [6.45, 7) is 0. The van der Waals surface area contributed by atoms with E-state index in [9.17, 15) is 10.4 Å². The first kappa shape index (κ1) is 13.3. The molecule has 0 saturated carbocycles. The Morgan fingerprint density at radius 1 is 1.30 bits per heavy atom. The molecule has 0 amide bonds. The molecule has 2 atom stereocenters. The second-order valence-electron chi connectivity index (χ2n) is 5.04. The fourth-order valence-electron chi connectivity index (χ4n) is 2.90. The molecule has 1 aromatic heterocycles. The molecule has 1 aliphatic carbocycles. The number of fused-ring (bicyclic) bond motifs is 1. The number of nitrogens with zero attached hydrogens (tertiary/aromatic N) is 2. The minimum absolute atomic E-state index is 0.534. The van der Waals surface area contributed by atoms with Crippen LogP contribution in [0.4, 0.5) is 0 Å². The quantitative estimate of drug-likeness (QED) is 0.920. The zero-order valence-corrected chi connectivity index (χ0v) is 12.3. The van der Waals surface area contributed by atoms with Crippen molar-refractivity contribution in [3.05, 3.63) is 63.9 Å². The van der Waals surface area contributed by atoms with E-state index in [0.717, 1.165) is 22.0 Å². The molecule has 0 radical (unpaired) electrons. The van der Waals surface area contributed by atoms with Crippen LogP contribution in [0.5, 0.6) is 0 Å². The number of halogens is 1. The first-order valence-electron chi connectivity index (χ1n) is 6.46. The van der Waals surface area contributed by atoms with Crippen LogP contribution in [0.1, 0.15) is 29.3 Å². The van der Waals surface area contributed by atoms with E-state index in [4.69, 9.17) is 0 Å². The van der Waals surface area contributed by atoms with Crippen molar-refractivity contribution in [2.75, 3.05) is 0 Å². The Hall–Kier alpha value is -1.70. The molecule has 1 aromatic carbocycles. The van der Waals surface area contributed by atoms with E-state index in [1.165, 1.54) is 0 Å². The van der Waals surface area contributed by atoms with Crippen LogP contribution in [0, 0.1) is 11.3 Å². The van der Waals surface area contributed by atoms with Crippen LogP contribution in [0.25, 0.3) is 0 Å². The number of aryl methyl sites for hydroxylation is 1. The van der Waals surface area contributed by atoms with E-state index in [1.54, 1.807) is 12.3 Å². The number of hydrogen-bond acceptors (Lipinski definition) is 3. The van der Waals surface area contributed by atoms with Gasteiger partial charge in [-0.25, -0.2) is 0 Å². The van der Waals surface area contributed by atoms with Gasteiger partial charge in [0.2, 0.25) is 0 Å². The molecule has 0 bridgehead atoms. The van der Waals surface area contributed by atoms with Crippen molar-refractivity contribution in [1.82, 2.24) is 4.98 Å². The maximum atomic E-state index is 10.7. The third-order valence-corrected chi connectivity index (χ3v) is 4.45. The smallest absolute Gasteiger partial charge is 0.119 e. The first-order chi connectivity index (χ1) is 9.67. The van der Waals surface area contributed by atoms with E-state index < -0.39 is 11.5 Å². The molecule has 1 N–H and O–H groups in total. The van der Waals surface area contributed by atoms with Crippen LogP contribution in [0.3, 0.4) is 0 Å². The molecule has 100 valence electrons. The van der Waals surface area contributed by atoms with E-state index in [0.29, 0.717) is 12.1 Å². The average molecular weight is 329 g/mol. The molecule has 0 aliphatic heterocycles. The number of benzene rings is 1. The standard InChI is InChI=1S/C16H13BrN2O/c17-12-5-6-14(19-9-12)15(20)16(10-18)8-7-11-3-1-2-4-13(11)16/h1-6,9,15,20H,7-8H2. The largest absolute Gasteiger partial charge is 0.385 e. The highest BCUT2D eigenvalue weighted by Gasteiger charge is 2.46. The number of aliphatic hydroxyl groups is 1. The zero-order chi connectivity index (χ0) is 14.2. The Balaban J connectivity index is 2.07. The predicted molar refractivity (Wildman–Crippen MR) is 79.0 cm³/mol. The Labute approximate surface area is 126 Å². The third-order valence-electron chi connectivity index (χ3n) is 3.98. The fourth-order valence-corrected chi connectivity index (χ4v) is 3.14. The van der Waals surface area contributed by atoms with Gasteiger partial charge in [-0.1, -0.05) is 24.3 Å². The van der Waals surface area contributed by atoms with Crippen LogP contribution in [-0.4, -0.2) is 10.1 Å². The van der Waals surface area contributed by atoms with Crippen LogP contribution >= 0.6 is 15.9 Å². The van der Waals surface area contributed by atoms with E-state index in [1.807, 2.05) is 30.3 Å². The van der Waals surface area contributed by atoms with E-state index >= 15 is 0 Å². The summed E-state index contributed by atoms with van der Waals surface area (Å²) in [7, 11) is 0. The Morgan fingerprint density at radius 2 is 2.10 bits per heavy atom. The Morgan fingerprint density at radius 3 is 2.80 bits per heavy atom. The monoisotopic (exact) mass is 328 g/mol. The second kappa shape index (κ2) is 5.01. The first-order valence-corrected chi connectivity index (χ1v) is 7.26. The van der Waals surface area contributed by atoms with Gasteiger partial charge in [0.25, 0.3) is 0 Å². The summed E-state index contributed by atoms with van der Waals surface area (Å²) in [5.74, 6) is 0. The third kappa shape index (κ3) is 1.94. The number of nitriles is 1. The van der Waals surface area contributed by atoms with Gasteiger partial charge in [-0.2, -0.15) is 5.26 Å². The van der Waals surface area contributed by atoms with Gasteiger partial charge in [-0.15, -0.1) is 0 Å². The van der Waals surface area contributed by atoms with Gasteiger partial charge in [0.1, 0.15) is 11.5 Å². The number of hydrogen-bond donors (Lipinski definition) is 1. The lowest BCUT2D eigenvalue weighted by Gasteiger charge is -2.28. The van der Waals surface area contributed by atoms with E-state index in [-0.39, 0.29) is 0 Å². The Kier molecular flexibility index (Phi) is 3.33. The maximum Gasteiger partial charge on any atom is 0.119 e. The van der Waals surface area contributed by atoms with Gasteiger partial charge in [0.05, 0.1) is 11.8 Å². The van der Waals surface area contributed by atoms with Gasteiger partial charge < -0.3 is 5.11 Å². The normalized spacial score (nSPS) is 22.1. The molecule has 0 fully saturated rings. The summed E-state index contributed by atoms with van der Waals surface area (Å²) >= 11 is 3.33. The highest BCUT2D eigenvalue weighted by Crippen LogP contribution is 2.46. The van der Waals surface area contributed by atoms with Crippen molar-refractivity contribution in [2.24, 2.45) is 0 Å². The molecule has 1 heterocycles. The average Bonchev–Trinajstić information content (AvgIpc) is 2.87. The molecule has 1 aliphatic rings. The molecular weight excluding hydrogens is 316 g/mol. The Bertz CT molecular complexity index is 678. The van der Waals surface area contributed by atoms with Gasteiger partial charge in [-0.05, 0) is 52.0 Å². The van der Waals surface area contributed by atoms with Crippen LogP contribution in [0.2, 0.25) is 0 Å². The molecule has 3 rings (SSSR count). The van der Waals surface area contributed by atoms with Crippen molar-refractivity contribution < 1.29 is 5.11 Å². The zero-order valence-electron chi connectivity index (χ0n) is 10.8. The summed E-state index contributed by atoms with van der Waals surface area (Å²) in [5, 5.41) is 20.4. The number of rotatable bonds is 2. The highest BCUT2D eigenvalue weighted by atomic mass is 79.9. The number of aromatic nitrogens is 1. The molecule has 2 aromatic rings. The van der Waals surface area contributed by atoms with Crippen LogP contribution in [-0.2, 0) is 11.8 Å². The minimum atomic E-state index is -0.913. The maximum absolute atomic E-state index is 10.7. The molecule has 3 nitrogen and oxygen atoms in total. The van der Waals surface area contributed by atoms with Crippen molar-refractivity contribution in [2.45, 2.75) is 24.4 Å². The van der Waals surface area contributed by atoms with Gasteiger partial charge >= 0.3 is 0 Å². The SMILES string of the molecule is N#CC1(C(O)c2ccc(Br)cn2)CCc2ccccc21. The molecule has 2 unspecified atom stereocenters. The molecule has 20 heavy (non-hydrogen) atoms. The summed E-state index contributed by atoms with van der Waals surface area (Å²) in [6, 6.07) is 13.8. The molecule has 4 heteroatoms. The van der Waals surface area contributed by atoms with Gasteiger partial charge in [0.15, 0.2) is 0 Å². The number of aliphatic hydroxyl groups excluding tert-OH is 1. The number of pyridine rings is 1.